The predicted molar refractivity (Wildman–Crippen MR) is 101 cm³/mol. The molecule has 0 bridgehead atoms. The van der Waals surface area contributed by atoms with E-state index in [1.807, 2.05) is 11.0 Å². The fourth-order valence-corrected chi connectivity index (χ4v) is 3.98. The number of amides is 2. The first-order chi connectivity index (χ1) is 12.0. The molecule has 1 N–H and O–H groups in total. The van der Waals surface area contributed by atoms with Gasteiger partial charge in [0.25, 0.3) is 5.91 Å². The van der Waals surface area contributed by atoms with Crippen LogP contribution in [0, 0.1) is 0 Å². The maximum atomic E-state index is 12.6. The van der Waals surface area contributed by atoms with E-state index in [1.165, 1.54) is 11.8 Å². The summed E-state index contributed by atoms with van der Waals surface area (Å²) in [5.41, 5.74) is 1.34. The number of benzene rings is 1. The third-order valence-corrected chi connectivity index (χ3v) is 5.34. The van der Waals surface area contributed by atoms with Crippen LogP contribution in [0.2, 0.25) is 4.34 Å². The summed E-state index contributed by atoms with van der Waals surface area (Å²) in [5.74, 6) is -0.0876. The van der Waals surface area contributed by atoms with E-state index in [9.17, 15) is 9.59 Å². The fourth-order valence-electron chi connectivity index (χ4n) is 2.85. The van der Waals surface area contributed by atoms with E-state index < -0.39 is 0 Å². The standard InChI is InChI=1S/C18H20ClN3O2S/c1-13(23)20-15-4-2-14(3-5-15)18(24)22-10-8-21(9-11-22)12-16-6-7-17(19)25-16/h2-7H,8-12H2,1H3,(H,20,23). The Hall–Kier alpha value is -1.89. The zero-order valence-electron chi connectivity index (χ0n) is 14.0. The lowest BCUT2D eigenvalue weighted by atomic mass is 10.1. The number of rotatable bonds is 4. The first-order valence-corrected chi connectivity index (χ1v) is 9.34. The van der Waals surface area contributed by atoms with Gasteiger partial charge in [0, 0.05) is 55.8 Å². The van der Waals surface area contributed by atoms with Gasteiger partial charge >= 0.3 is 0 Å². The van der Waals surface area contributed by atoms with Crippen LogP contribution in [0.3, 0.4) is 0 Å². The lowest BCUT2D eigenvalue weighted by molar-refractivity contribution is -0.114. The molecule has 2 heterocycles. The molecule has 1 aliphatic heterocycles. The van der Waals surface area contributed by atoms with Crippen molar-refractivity contribution in [2.45, 2.75) is 13.5 Å². The maximum Gasteiger partial charge on any atom is 0.253 e. The number of thiophene rings is 1. The Morgan fingerprint density at radius 1 is 1.08 bits per heavy atom. The number of carbonyl (C=O) groups excluding carboxylic acids is 2. The molecule has 1 saturated heterocycles. The fraction of sp³-hybridized carbons (Fsp3) is 0.333. The normalized spacial score (nSPS) is 15.2. The van der Waals surface area contributed by atoms with Crippen molar-refractivity contribution in [3.8, 4) is 0 Å². The zero-order valence-corrected chi connectivity index (χ0v) is 15.6. The molecule has 1 aromatic heterocycles. The van der Waals surface area contributed by atoms with E-state index in [2.05, 4.69) is 16.3 Å². The van der Waals surface area contributed by atoms with E-state index >= 15 is 0 Å². The summed E-state index contributed by atoms with van der Waals surface area (Å²) in [6.07, 6.45) is 0. The summed E-state index contributed by atoms with van der Waals surface area (Å²) in [6.45, 7) is 5.47. The van der Waals surface area contributed by atoms with Crippen molar-refractivity contribution in [3.63, 3.8) is 0 Å². The topological polar surface area (TPSA) is 52.7 Å². The van der Waals surface area contributed by atoms with Crippen LogP contribution in [0.15, 0.2) is 36.4 Å². The van der Waals surface area contributed by atoms with Crippen molar-refractivity contribution >= 4 is 40.4 Å². The van der Waals surface area contributed by atoms with Crippen LogP contribution in [-0.2, 0) is 11.3 Å². The van der Waals surface area contributed by atoms with E-state index in [-0.39, 0.29) is 11.8 Å². The Labute approximate surface area is 156 Å². The van der Waals surface area contributed by atoms with Crippen LogP contribution in [0.4, 0.5) is 5.69 Å². The number of anilines is 1. The summed E-state index contributed by atoms with van der Waals surface area (Å²) in [7, 11) is 0. The molecule has 0 unspecified atom stereocenters. The third-order valence-electron chi connectivity index (χ3n) is 4.12. The van der Waals surface area contributed by atoms with Gasteiger partial charge in [0.1, 0.15) is 0 Å². The van der Waals surface area contributed by atoms with Gasteiger partial charge in [-0.3, -0.25) is 14.5 Å². The van der Waals surface area contributed by atoms with Crippen molar-refractivity contribution in [2.24, 2.45) is 0 Å². The maximum absolute atomic E-state index is 12.6. The average molecular weight is 378 g/mol. The van der Waals surface area contributed by atoms with Gasteiger partial charge in [-0.05, 0) is 36.4 Å². The molecule has 7 heteroatoms. The number of piperazine rings is 1. The van der Waals surface area contributed by atoms with Crippen LogP contribution >= 0.6 is 22.9 Å². The smallest absolute Gasteiger partial charge is 0.253 e. The minimum absolute atomic E-state index is 0.0354. The molecule has 2 amide bonds. The summed E-state index contributed by atoms with van der Waals surface area (Å²) < 4.78 is 0.812. The minimum Gasteiger partial charge on any atom is -0.336 e. The number of hydrogen-bond donors (Lipinski definition) is 1. The molecule has 1 aromatic carbocycles. The second-order valence-corrected chi connectivity index (χ2v) is 7.83. The molecular weight excluding hydrogens is 358 g/mol. The van der Waals surface area contributed by atoms with Crippen molar-refractivity contribution in [1.29, 1.82) is 0 Å². The summed E-state index contributed by atoms with van der Waals surface area (Å²) >= 11 is 7.58. The second kappa shape index (κ2) is 7.99. The lowest BCUT2D eigenvalue weighted by Gasteiger charge is -2.34. The quantitative estimate of drug-likeness (QED) is 0.889. The molecule has 5 nitrogen and oxygen atoms in total. The van der Waals surface area contributed by atoms with Crippen LogP contribution in [0.25, 0.3) is 0 Å². The Morgan fingerprint density at radius 3 is 2.32 bits per heavy atom. The molecule has 1 aliphatic rings. The molecule has 0 atom stereocenters. The van der Waals surface area contributed by atoms with Crippen molar-refractivity contribution in [1.82, 2.24) is 9.80 Å². The summed E-state index contributed by atoms with van der Waals surface area (Å²) in [5, 5.41) is 2.70. The Kier molecular flexibility index (Phi) is 5.73. The summed E-state index contributed by atoms with van der Waals surface area (Å²) in [6, 6.07) is 11.0. The van der Waals surface area contributed by atoms with Crippen molar-refractivity contribution in [2.75, 3.05) is 31.5 Å². The first kappa shape index (κ1) is 17.9. The van der Waals surface area contributed by atoms with Crippen LogP contribution in [-0.4, -0.2) is 47.8 Å². The Balaban J connectivity index is 1.53. The van der Waals surface area contributed by atoms with Gasteiger partial charge in [0.15, 0.2) is 0 Å². The van der Waals surface area contributed by atoms with Crippen molar-refractivity contribution in [3.05, 3.63) is 51.2 Å². The Morgan fingerprint density at radius 2 is 1.76 bits per heavy atom. The lowest BCUT2D eigenvalue weighted by Crippen LogP contribution is -2.48. The van der Waals surface area contributed by atoms with Crippen LogP contribution < -0.4 is 5.32 Å². The van der Waals surface area contributed by atoms with E-state index in [0.717, 1.165) is 24.0 Å². The van der Waals surface area contributed by atoms with Crippen LogP contribution in [0.1, 0.15) is 22.2 Å². The molecule has 1 fully saturated rings. The average Bonchev–Trinajstić information content (AvgIpc) is 3.00. The highest BCUT2D eigenvalue weighted by Gasteiger charge is 2.22. The highest BCUT2D eigenvalue weighted by molar-refractivity contribution is 7.16. The number of nitrogens with zero attached hydrogens (tertiary/aromatic N) is 2. The molecule has 0 radical (unpaired) electrons. The van der Waals surface area contributed by atoms with Gasteiger partial charge in [-0.1, -0.05) is 11.6 Å². The number of halogens is 1. The van der Waals surface area contributed by atoms with Gasteiger partial charge in [-0.15, -0.1) is 11.3 Å². The van der Waals surface area contributed by atoms with Gasteiger partial charge < -0.3 is 10.2 Å². The highest BCUT2D eigenvalue weighted by atomic mass is 35.5. The van der Waals surface area contributed by atoms with Crippen LogP contribution in [0.5, 0.6) is 0 Å². The monoisotopic (exact) mass is 377 g/mol. The number of nitrogens with one attached hydrogen (secondary N) is 1. The van der Waals surface area contributed by atoms with Gasteiger partial charge in [-0.25, -0.2) is 0 Å². The number of hydrogen-bond acceptors (Lipinski definition) is 4. The summed E-state index contributed by atoms with van der Waals surface area (Å²) in [4.78, 5) is 29.1. The second-order valence-electron chi connectivity index (χ2n) is 6.03. The molecule has 132 valence electrons. The molecule has 0 aliphatic carbocycles. The van der Waals surface area contributed by atoms with Gasteiger partial charge in [0.2, 0.25) is 5.91 Å². The molecular formula is C18H20ClN3O2S. The Bertz CT molecular complexity index is 752. The van der Waals surface area contributed by atoms with Crippen molar-refractivity contribution < 1.29 is 9.59 Å². The zero-order chi connectivity index (χ0) is 17.8. The third kappa shape index (κ3) is 4.81. The van der Waals surface area contributed by atoms with Gasteiger partial charge in [0.05, 0.1) is 4.34 Å². The predicted octanol–water partition coefficient (Wildman–Crippen LogP) is 3.32. The molecule has 0 spiro atoms. The van der Waals surface area contributed by atoms with Gasteiger partial charge in [-0.2, -0.15) is 0 Å². The van der Waals surface area contributed by atoms with E-state index in [0.29, 0.717) is 24.3 Å². The first-order valence-electron chi connectivity index (χ1n) is 8.15. The minimum atomic E-state index is -0.123. The largest absolute Gasteiger partial charge is 0.336 e. The highest BCUT2D eigenvalue weighted by Crippen LogP contribution is 2.23. The SMILES string of the molecule is CC(=O)Nc1ccc(C(=O)N2CCN(Cc3ccc(Cl)s3)CC2)cc1. The van der Waals surface area contributed by atoms with E-state index in [1.54, 1.807) is 35.6 Å². The molecule has 0 saturated carbocycles. The molecule has 2 aromatic rings. The molecule has 3 rings (SSSR count). The van der Waals surface area contributed by atoms with E-state index in [4.69, 9.17) is 11.6 Å². The molecule has 25 heavy (non-hydrogen) atoms. The number of carbonyl (C=O) groups is 2.